The maximum Gasteiger partial charge on any atom is 0.244 e. The van der Waals surface area contributed by atoms with E-state index in [0.29, 0.717) is 0 Å². The predicted molar refractivity (Wildman–Crippen MR) is 80.1 cm³/mol. The molecule has 2 aromatic rings. The highest BCUT2D eigenvalue weighted by Gasteiger charge is 2.06. The number of carbonyl (C=O) groups is 1. The van der Waals surface area contributed by atoms with Crippen molar-refractivity contribution < 1.29 is 13.6 Å². The molecule has 1 amide bonds. The van der Waals surface area contributed by atoms with Crippen molar-refractivity contribution in [1.82, 2.24) is 5.32 Å². The van der Waals surface area contributed by atoms with Gasteiger partial charge in [-0.15, -0.1) is 0 Å². The molecule has 1 N–H and O–H groups in total. The molecule has 0 saturated carbocycles. The van der Waals surface area contributed by atoms with E-state index in [-0.39, 0.29) is 17.8 Å². The number of carbonyl (C=O) groups excluding carboxylic acids is 1. The van der Waals surface area contributed by atoms with E-state index in [2.05, 4.69) is 5.32 Å². The molecule has 21 heavy (non-hydrogen) atoms. The van der Waals surface area contributed by atoms with E-state index < -0.39 is 0 Å². The zero-order valence-corrected chi connectivity index (χ0v) is 11.9. The molecule has 0 fully saturated rings. The second-order valence-electron chi connectivity index (χ2n) is 4.91. The maximum absolute atomic E-state index is 12.7. The van der Waals surface area contributed by atoms with Crippen LogP contribution in [-0.4, -0.2) is 11.9 Å². The summed E-state index contributed by atoms with van der Waals surface area (Å²) in [6, 6.07) is 9.81. The van der Waals surface area contributed by atoms with Crippen molar-refractivity contribution in [2.75, 3.05) is 0 Å². The van der Waals surface area contributed by atoms with E-state index in [0.717, 1.165) is 24.2 Å². The molecule has 0 unspecified atom stereocenters. The molecule has 110 valence electrons. The molecule has 2 rings (SSSR count). The van der Waals surface area contributed by atoms with Crippen molar-refractivity contribution in [3.8, 4) is 0 Å². The van der Waals surface area contributed by atoms with Crippen LogP contribution in [0.5, 0.6) is 0 Å². The van der Waals surface area contributed by atoms with Crippen LogP contribution in [0.3, 0.4) is 0 Å². The number of hydrogen-bond donors (Lipinski definition) is 1. The van der Waals surface area contributed by atoms with Crippen molar-refractivity contribution in [2.24, 2.45) is 0 Å². The fourth-order valence-corrected chi connectivity index (χ4v) is 1.92. The summed E-state index contributed by atoms with van der Waals surface area (Å²) >= 11 is 0. The fourth-order valence-electron chi connectivity index (χ4n) is 1.92. The number of hydrogen-bond acceptors (Lipinski definition) is 2. The molecule has 0 bridgehead atoms. The lowest BCUT2D eigenvalue weighted by atomic mass is 10.1. The number of aryl methyl sites for hydroxylation is 1. The van der Waals surface area contributed by atoms with Crippen molar-refractivity contribution in [1.29, 1.82) is 0 Å². The SMILES string of the molecule is C[C@H](CCc1ccco1)NC(=O)/C=C/c1ccc(F)cc1. The summed E-state index contributed by atoms with van der Waals surface area (Å²) in [4.78, 5) is 11.8. The van der Waals surface area contributed by atoms with Crippen molar-refractivity contribution in [2.45, 2.75) is 25.8 Å². The van der Waals surface area contributed by atoms with Gasteiger partial charge in [0.1, 0.15) is 11.6 Å². The average molecular weight is 287 g/mol. The minimum absolute atomic E-state index is 0.0560. The predicted octanol–water partition coefficient (Wildman–Crippen LogP) is 3.57. The first kappa shape index (κ1) is 15.0. The van der Waals surface area contributed by atoms with Crippen LogP contribution in [0.15, 0.2) is 53.2 Å². The molecular formula is C17H18FNO2. The van der Waals surface area contributed by atoms with E-state index in [1.54, 1.807) is 24.5 Å². The first-order chi connectivity index (χ1) is 10.1. The molecule has 0 aliphatic carbocycles. The van der Waals surface area contributed by atoms with E-state index in [4.69, 9.17) is 4.42 Å². The number of rotatable bonds is 6. The van der Waals surface area contributed by atoms with Crippen LogP contribution in [-0.2, 0) is 11.2 Å². The Morgan fingerprint density at radius 1 is 1.33 bits per heavy atom. The highest BCUT2D eigenvalue weighted by molar-refractivity contribution is 5.91. The fraction of sp³-hybridized carbons (Fsp3) is 0.235. The second-order valence-corrected chi connectivity index (χ2v) is 4.91. The van der Waals surface area contributed by atoms with Gasteiger partial charge in [-0.25, -0.2) is 4.39 Å². The lowest BCUT2D eigenvalue weighted by Crippen LogP contribution is -2.31. The summed E-state index contributed by atoms with van der Waals surface area (Å²) in [5.74, 6) is 0.465. The summed E-state index contributed by atoms with van der Waals surface area (Å²) < 4.78 is 18.0. The standard InChI is InChI=1S/C17H18FNO2/c1-13(4-10-16-3-2-12-21-16)19-17(20)11-7-14-5-8-15(18)9-6-14/h2-3,5-9,11-13H,4,10H2,1H3,(H,19,20)/b11-7+/t13-/m1/s1. The molecule has 1 atom stereocenters. The Hall–Kier alpha value is -2.36. The average Bonchev–Trinajstić information content (AvgIpc) is 2.98. The minimum Gasteiger partial charge on any atom is -0.469 e. The molecule has 0 saturated heterocycles. The maximum atomic E-state index is 12.7. The topological polar surface area (TPSA) is 42.2 Å². The summed E-state index contributed by atoms with van der Waals surface area (Å²) in [5, 5.41) is 2.88. The lowest BCUT2D eigenvalue weighted by Gasteiger charge is -2.11. The third kappa shape index (κ3) is 5.26. The minimum atomic E-state index is -0.289. The molecule has 0 radical (unpaired) electrons. The number of amides is 1. The monoisotopic (exact) mass is 287 g/mol. The Labute approximate surface area is 123 Å². The smallest absolute Gasteiger partial charge is 0.244 e. The van der Waals surface area contributed by atoms with Gasteiger partial charge in [0.2, 0.25) is 5.91 Å². The Balaban J connectivity index is 1.76. The second kappa shape index (κ2) is 7.43. The number of benzene rings is 1. The Bertz CT molecular complexity index is 588. The third-order valence-corrected chi connectivity index (χ3v) is 3.09. The largest absolute Gasteiger partial charge is 0.469 e. The summed E-state index contributed by atoms with van der Waals surface area (Å²) in [6.45, 7) is 1.95. The highest BCUT2D eigenvalue weighted by Crippen LogP contribution is 2.06. The number of furan rings is 1. The van der Waals surface area contributed by atoms with Crippen LogP contribution in [0.2, 0.25) is 0 Å². The zero-order valence-electron chi connectivity index (χ0n) is 11.9. The Morgan fingerprint density at radius 2 is 2.10 bits per heavy atom. The molecular weight excluding hydrogens is 269 g/mol. The van der Waals surface area contributed by atoms with E-state index in [9.17, 15) is 9.18 Å². The summed E-state index contributed by atoms with van der Waals surface area (Å²) in [6.07, 6.45) is 6.36. The lowest BCUT2D eigenvalue weighted by molar-refractivity contribution is -0.117. The van der Waals surface area contributed by atoms with Gasteiger partial charge in [0.05, 0.1) is 6.26 Å². The van der Waals surface area contributed by atoms with Gasteiger partial charge < -0.3 is 9.73 Å². The highest BCUT2D eigenvalue weighted by atomic mass is 19.1. The van der Waals surface area contributed by atoms with Gasteiger partial charge in [0.15, 0.2) is 0 Å². The van der Waals surface area contributed by atoms with Crippen LogP contribution in [0.1, 0.15) is 24.7 Å². The van der Waals surface area contributed by atoms with Gasteiger partial charge >= 0.3 is 0 Å². The molecule has 1 heterocycles. The zero-order chi connectivity index (χ0) is 15.1. The summed E-state index contributed by atoms with van der Waals surface area (Å²) in [7, 11) is 0. The van der Waals surface area contributed by atoms with Crippen LogP contribution in [0, 0.1) is 5.82 Å². The third-order valence-electron chi connectivity index (χ3n) is 3.09. The molecule has 4 heteroatoms. The van der Waals surface area contributed by atoms with Crippen molar-refractivity contribution in [3.63, 3.8) is 0 Å². The van der Waals surface area contributed by atoms with E-state index in [1.165, 1.54) is 18.2 Å². The van der Waals surface area contributed by atoms with Gasteiger partial charge in [-0.3, -0.25) is 4.79 Å². The van der Waals surface area contributed by atoms with Gasteiger partial charge in [-0.1, -0.05) is 12.1 Å². The van der Waals surface area contributed by atoms with Crippen molar-refractivity contribution >= 4 is 12.0 Å². The van der Waals surface area contributed by atoms with Gasteiger partial charge in [-0.05, 0) is 49.2 Å². The Morgan fingerprint density at radius 3 is 2.76 bits per heavy atom. The first-order valence-corrected chi connectivity index (χ1v) is 6.90. The molecule has 0 spiro atoms. The number of halogens is 1. The van der Waals surface area contributed by atoms with Crippen molar-refractivity contribution in [3.05, 3.63) is 65.9 Å². The Kier molecular flexibility index (Phi) is 5.32. The van der Waals surface area contributed by atoms with Gasteiger partial charge in [0.25, 0.3) is 0 Å². The van der Waals surface area contributed by atoms with E-state index >= 15 is 0 Å². The molecule has 0 aliphatic heterocycles. The van der Waals surface area contributed by atoms with Crippen LogP contribution in [0.4, 0.5) is 4.39 Å². The van der Waals surface area contributed by atoms with Gasteiger partial charge in [-0.2, -0.15) is 0 Å². The molecule has 3 nitrogen and oxygen atoms in total. The molecule has 0 aliphatic rings. The van der Waals surface area contributed by atoms with Gasteiger partial charge in [0, 0.05) is 18.5 Å². The number of nitrogens with one attached hydrogen (secondary N) is 1. The van der Waals surface area contributed by atoms with Crippen LogP contribution < -0.4 is 5.32 Å². The first-order valence-electron chi connectivity index (χ1n) is 6.90. The molecule has 1 aromatic heterocycles. The van der Waals surface area contributed by atoms with E-state index in [1.807, 2.05) is 19.1 Å². The van der Waals surface area contributed by atoms with Crippen LogP contribution in [0.25, 0.3) is 6.08 Å². The molecule has 1 aromatic carbocycles. The normalized spacial score (nSPS) is 12.5. The van der Waals surface area contributed by atoms with Crippen LogP contribution >= 0.6 is 0 Å². The summed E-state index contributed by atoms with van der Waals surface area (Å²) in [5.41, 5.74) is 0.787. The quantitative estimate of drug-likeness (QED) is 0.825.